The average molecular weight is 428 g/mol. The van der Waals surface area contributed by atoms with Gasteiger partial charge in [0.1, 0.15) is 0 Å². The van der Waals surface area contributed by atoms with Crippen molar-refractivity contribution in [1.29, 1.82) is 0 Å². The highest BCUT2D eigenvalue weighted by molar-refractivity contribution is 5.80. The summed E-state index contributed by atoms with van der Waals surface area (Å²) >= 11 is 0. The lowest BCUT2D eigenvalue weighted by molar-refractivity contribution is 0.495. The van der Waals surface area contributed by atoms with Crippen molar-refractivity contribution in [3.8, 4) is 11.1 Å². The molecule has 1 nitrogen and oxygen atoms in total. The SMILES string of the molecule is CC1=C2CCC(C)(C2)c2cc(-c3ccc(N(c4ccccc4)c4ccccc4)cc3)ccc21. The first-order valence-corrected chi connectivity index (χ1v) is 12.0. The minimum atomic E-state index is 0.303. The fraction of sp³-hybridized carbons (Fsp3) is 0.188. The minimum Gasteiger partial charge on any atom is -0.311 e. The molecular weight excluding hydrogens is 398 g/mol. The van der Waals surface area contributed by atoms with Gasteiger partial charge in [-0.3, -0.25) is 0 Å². The number of allylic oxidation sites excluding steroid dienone is 2. The molecule has 1 heteroatoms. The zero-order valence-corrected chi connectivity index (χ0v) is 19.4. The Hall–Kier alpha value is -3.58. The highest BCUT2D eigenvalue weighted by Gasteiger charge is 2.39. The molecule has 0 N–H and O–H groups in total. The van der Waals surface area contributed by atoms with Crippen LogP contribution in [0.25, 0.3) is 16.7 Å². The molecule has 0 spiro atoms. The van der Waals surface area contributed by atoms with E-state index in [2.05, 4.69) is 122 Å². The average Bonchev–Trinajstić information content (AvgIpc) is 3.24. The predicted molar refractivity (Wildman–Crippen MR) is 140 cm³/mol. The summed E-state index contributed by atoms with van der Waals surface area (Å²) in [6, 6.07) is 37.3. The van der Waals surface area contributed by atoms with Gasteiger partial charge in [-0.1, -0.05) is 73.2 Å². The summed E-state index contributed by atoms with van der Waals surface area (Å²) in [5, 5.41) is 0. The van der Waals surface area contributed by atoms with Crippen LogP contribution in [0, 0.1) is 0 Å². The lowest BCUT2D eigenvalue weighted by Gasteiger charge is -2.31. The van der Waals surface area contributed by atoms with E-state index in [1.807, 2.05) is 0 Å². The number of anilines is 3. The largest absolute Gasteiger partial charge is 0.311 e. The molecule has 0 aromatic heterocycles. The van der Waals surface area contributed by atoms with Crippen LogP contribution in [0.3, 0.4) is 0 Å². The van der Waals surface area contributed by atoms with Crippen LogP contribution in [0.15, 0.2) is 109 Å². The minimum absolute atomic E-state index is 0.303. The fourth-order valence-corrected chi connectivity index (χ4v) is 5.77. The van der Waals surface area contributed by atoms with Crippen molar-refractivity contribution in [2.75, 3.05) is 4.90 Å². The van der Waals surface area contributed by atoms with Crippen molar-refractivity contribution in [2.24, 2.45) is 0 Å². The Morgan fingerprint density at radius 2 is 1.24 bits per heavy atom. The van der Waals surface area contributed by atoms with Gasteiger partial charge in [-0.15, -0.1) is 0 Å². The second-order valence-electron chi connectivity index (χ2n) is 9.78. The van der Waals surface area contributed by atoms with Crippen molar-refractivity contribution in [1.82, 2.24) is 0 Å². The van der Waals surface area contributed by atoms with Crippen molar-refractivity contribution in [3.63, 3.8) is 0 Å². The number of para-hydroxylation sites is 2. The van der Waals surface area contributed by atoms with Gasteiger partial charge >= 0.3 is 0 Å². The third-order valence-electron chi connectivity index (χ3n) is 7.67. The molecule has 6 rings (SSSR count). The lowest BCUT2D eigenvalue weighted by atomic mass is 9.73. The van der Waals surface area contributed by atoms with Crippen LogP contribution in [0.5, 0.6) is 0 Å². The molecule has 0 amide bonds. The first-order valence-electron chi connectivity index (χ1n) is 12.0. The summed E-state index contributed by atoms with van der Waals surface area (Å²) in [6.45, 7) is 4.77. The van der Waals surface area contributed by atoms with Crippen LogP contribution in [0.2, 0.25) is 0 Å². The highest BCUT2D eigenvalue weighted by Crippen LogP contribution is 2.53. The zero-order chi connectivity index (χ0) is 22.4. The van der Waals surface area contributed by atoms with E-state index in [1.165, 1.54) is 52.8 Å². The van der Waals surface area contributed by atoms with Crippen molar-refractivity contribution in [3.05, 3.63) is 120 Å². The molecule has 4 aromatic carbocycles. The van der Waals surface area contributed by atoms with E-state index in [0.29, 0.717) is 5.41 Å². The molecular formula is C32H29N. The van der Waals surface area contributed by atoms with Gasteiger partial charge in [0.05, 0.1) is 0 Å². The van der Waals surface area contributed by atoms with Crippen LogP contribution in [-0.2, 0) is 5.41 Å². The third-order valence-corrected chi connectivity index (χ3v) is 7.67. The first-order chi connectivity index (χ1) is 16.1. The summed E-state index contributed by atoms with van der Waals surface area (Å²) in [7, 11) is 0. The zero-order valence-electron chi connectivity index (χ0n) is 19.4. The van der Waals surface area contributed by atoms with Gasteiger partial charge in [0, 0.05) is 17.1 Å². The van der Waals surface area contributed by atoms with Gasteiger partial charge in [0.25, 0.3) is 0 Å². The van der Waals surface area contributed by atoms with Crippen LogP contribution < -0.4 is 4.90 Å². The summed E-state index contributed by atoms with van der Waals surface area (Å²) in [6.07, 6.45) is 3.77. The second-order valence-corrected chi connectivity index (χ2v) is 9.78. The van der Waals surface area contributed by atoms with E-state index in [0.717, 1.165) is 11.4 Å². The van der Waals surface area contributed by atoms with E-state index >= 15 is 0 Å². The van der Waals surface area contributed by atoms with Gasteiger partial charge < -0.3 is 4.90 Å². The smallest absolute Gasteiger partial charge is 0.0462 e. The number of rotatable bonds is 4. The number of hydrogen-bond donors (Lipinski definition) is 0. The van der Waals surface area contributed by atoms with Crippen molar-refractivity contribution in [2.45, 2.75) is 38.5 Å². The Kier molecular flexibility index (Phi) is 4.73. The molecule has 0 aliphatic heterocycles. The molecule has 0 heterocycles. The normalized spacial score (nSPS) is 18.8. The molecule has 0 radical (unpaired) electrons. The van der Waals surface area contributed by atoms with E-state index in [1.54, 1.807) is 5.57 Å². The van der Waals surface area contributed by atoms with Crippen molar-refractivity contribution >= 4 is 22.6 Å². The molecule has 1 saturated carbocycles. The molecule has 162 valence electrons. The van der Waals surface area contributed by atoms with Gasteiger partial charge in [-0.05, 0) is 102 Å². The van der Waals surface area contributed by atoms with Crippen LogP contribution in [0.4, 0.5) is 17.1 Å². The van der Waals surface area contributed by atoms with E-state index < -0.39 is 0 Å². The molecule has 2 aliphatic rings. The summed E-state index contributed by atoms with van der Waals surface area (Å²) in [5.41, 5.74) is 12.6. The Labute approximate surface area is 197 Å². The van der Waals surface area contributed by atoms with Gasteiger partial charge in [0.15, 0.2) is 0 Å². The van der Waals surface area contributed by atoms with Crippen molar-refractivity contribution < 1.29 is 0 Å². The van der Waals surface area contributed by atoms with Gasteiger partial charge in [-0.2, -0.15) is 0 Å². The van der Waals surface area contributed by atoms with E-state index in [-0.39, 0.29) is 0 Å². The number of fused-ring (bicyclic) bond motifs is 4. The quantitative estimate of drug-likeness (QED) is 0.314. The van der Waals surface area contributed by atoms with Crippen LogP contribution in [-0.4, -0.2) is 0 Å². The Morgan fingerprint density at radius 3 is 1.88 bits per heavy atom. The molecule has 1 atom stereocenters. The van der Waals surface area contributed by atoms with E-state index in [9.17, 15) is 0 Å². The summed E-state index contributed by atoms with van der Waals surface area (Å²) in [4.78, 5) is 2.31. The van der Waals surface area contributed by atoms with Crippen LogP contribution in [0.1, 0.15) is 44.2 Å². The molecule has 4 aromatic rings. The maximum Gasteiger partial charge on any atom is 0.0462 e. The predicted octanol–water partition coefficient (Wildman–Crippen LogP) is 9.05. The molecule has 1 unspecified atom stereocenters. The molecule has 0 saturated heterocycles. The number of hydrogen-bond acceptors (Lipinski definition) is 1. The lowest BCUT2D eigenvalue weighted by Crippen LogP contribution is -2.21. The molecule has 2 bridgehead atoms. The maximum absolute atomic E-state index is 2.46. The fourth-order valence-electron chi connectivity index (χ4n) is 5.77. The topological polar surface area (TPSA) is 3.24 Å². The standard InChI is InChI=1S/C32H29N/c1-23-26-19-20-32(2,22-26)31-21-25(15-18-30(23)31)24-13-16-29(17-14-24)33(27-9-5-3-6-10-27)28-11-7-4-8-12-28/h3-18,21H,19-20,22H2,1-2H3. The third kappa shape index (κ3) is 3.40. The Bertz CT molecular complexity index is 1290. The maximum atomic E-state index is 2.46. The Balaban J connectivity index is 1.38. The molecule has 1 fully saturated rings. The Morgan fingerprint density at radius 1 is 0.667 bits per heavy atom. The van der Waals surface area contributed by atoms with Crippen LogP contribution >= 0.6 is 0 Å². The monoisotopic (exact) mass is 427 g/mol. The number of nitrogens with zero attached hydrogens (tertiary/aromatic N) is 1. The summed E-state index contributed by atoms with van der Waals surface area (Å²) in [5.74, 6) is 0. The summed E-state index contributed by atoms with van der Waals surface area (Å²) < 4.78 is 0. The molecule has 2 aliphatic carbocycles. The first kappa shape index (κ1) is 20.1. The second kappa shape index (κ2) is 7.78. The highest BCUT2D eigenvalue weighted by atomic mass is 15.1. The van der Waals surface area contributed by atoms with E-state index in [4.69, 9.17) is 0 Å². The van der Waals surface area contributed by atoms with Gasteiger partial charge in [-0.25, -0.2) is 0 Å². The van der Waals surface area contributed by atoms with Gasteiger partial charge in [0.2, 0.25) is 0 Å². The number of benzene rings is 4. The molecule has 33 heavy (non-hydrogen) atoms.